The zero-order valence-corrected chi connectivity index (χ0v) is 23.1. The summed E-state index contributed by atoms with van der Waals surface area (Å²) < 4.78 is 11.5. The van der Waals surface area contributed by atoms with Crippen molar-refractivity contribution in [2.45, 2.75) is 52.7 Å². The molecule has 198 valence electrons. The van der Waals surface area contributed by atoms with Crippen LogP contribution in [0.5, 0.6) is 5.75 Å². The van der Waals surface area contributed by atoms with E-state index < -0.39 is 17.6 Å². The summed E-state index contributed by atoms with van der Waals surface area (Å²) in [6.07, 6.45) is 0.151. The van der Waals surface area contributed by atoms with E-state index in [1.54, 1.807) is 23.8 Å². The molecule has 0 unspecified atom stereocenters. The van der Waals surface area contributed by atoms with Gasteiger partial charge in [-0.2, -0.15) is 0 Å². The van der Waals surface area contributed by atoms with Crippen LogP contribution in [0, 0.1) is 0 Å². The molecule has 3 aliphatic heterocycles. The molecule has 10 heteroatoms. The van der Waals surface area contributed by atoms with Gasteiger partial charge in [-0.15, -0.1) is 0 Å². The molecule has 4 rings (SSSR count). The molecule has 1 atom stereocenters. The van der Waals surface area contributed by atoms with Crippen molar-refractivity contribution in [1.29, 1.82) is 0 Å². The Labute approximate surface area is 222 Å². The summed E-state index contributed by atoms with van der Waals surface area (Å²) in [5.41, 5.74) is 1.85. The molecule has 0 spiro atoms. The number of hydrogen-bond acceptors (Lipinski definition) is 8. The van der Waals surface area contributed by atoms with Gasteiger partial charge in [0, 0.05) is 44.4 Å². The number of para-hydroxylation sites is 1. The smallest absolute Gasteiger partial charge is 0.338 e. The lowest BCUT2D eigenvalue weighted by Gasteiger charge is -2.38. The highest BCUT2D eigenvalue weighted by atomic mass is 32.2. The number of nitrogens with zero attached hydrogens (tertiary/aromatic N) is 4. The van der Waals surface area contributed by atoms with Crippen molar-refractivity contribution in [3.63, 3.8) is 0 Å². The summed E-state index contributed by atoms with van der Waals surface area (Å²) in [6.45, 7) is 10.9. The van der Waals surface area contributed by atoms with Crippen LogP contribution in [0.25, 0.3) is 0 Å². The summed E-state index contributed by atoms with van der Waals surface area (Å²) in [5.74, 6) is 0.171. The van der Waals surface area contributed by atoms with Gasteiger partial charge in [0.25, 0.3) is 0 Å². The topological polar surface area (TPSA) is 91.7 Å². The van der Waals surface area contributed by atoms with Gasteiger partial charge in [0.05, 0.1) is 30.8 Å². The minimum atomic E-state index is -0.684. The first-order chi connectivity index (χ1) is 17.5. The standard InChI is InChI=1S/C27H34N4O5S/c1-17-23(25(34)36-27(3,4)5)24(20-9-7-8-10-21(20)35-6)31-19(16-37-26(31)28-17)15-22(33)30-13-11-29(12-14-30)18(2)32/h7-10,16,24H,11-15H2,1-6H3/t24-/m1/s1. The van der Waals surface area contributed by atoms with Gasteiger partial charge in [0.1, 0.15) is 11.4 Å². The second-order valence-electron chi connectivity index (χ2n) is 10.2. The average molecular weight is 527 g/mol. The zero-order chi connectivity index (χ0) is 26.9. The Morgan fingerprint density at radius 2 is 1.73 bits per heavy atom. The van der Waals surface area contributed by atoms with Crippen molar-refractivity contribution in [2.75, 3.05) is 33.3 Å². The molecule has 1 aromatic carbocycles. The minimum absolute atomic E-state index is 0.0210. The number of piperazine rings is 1. The number of thioether (sulfide) groups is 1. The molecule has 0 N–H and O–H groups in total. The van der Waals surface area contributed by atoms with E-state index in [1.807, 2.05) is 62.3 Å². The van der Waals surface area contributed by atoms with Crippen LogP contribution in [0.3, 0.4) is 0 Å². The molecule has 9 nitrogen and oxygen atoms in total. The number of carbonyl (C=O) groups excluding carboxylic acids is 3. The number of amides is 2. The van der Waals surface area contributed by atoms with Crippen LogP contribution in [-0.2, 0) is 19.1 Å². The van der Waals surface area contributed by atoms with Crippen LogP contribution in [0.15, 0.2) is 51.6 Å². The Balaban J connectivity index is 1.66. The number of methoxy groups -OCH3 is 1. The van der Waals surface area contributed by atoms with Crippen LogP contribution in [0.1, 0.15) is 52.6 Å². The van der Waals surface area contributed by atoms with Gasteiger partial charge in [-0.05, 0) is 39.2 Å². The van der Waals surface area contributed by atoms with Gasteiger partial charge in [-0.1, -0.05) is 30.0 Å². The molecule has 37 heavy (non-hydrogen) atoms. The van der Waals surface area contributed by atoms with Gasteiger partial charge >= 0.3 is 5.97 Å². The first-order valence-electron chi connectivity index (χ1n) is 12.3. The molecule has 2 amide bonds. The monoisotopic (exact) mass is 526 g/mol. The number of esters is 1. The molecule has 0 aliphatic carbocycles. The molecule has 0 radical (unpaired) electrons. The minimum Gasteiger partial charge on any atom is -0.496 e. The van der Waals surface area contributed by atoms with Crippen LogP contribution in [-0.4, -0.2) is 76.5 Å². The maximum atomic E-state index is 13.5. The molecule has 1 aromatic rings. The van der Waals surface area contributed by atoms with E-state index in [0.29, 0.717) is 48.4 Å². The van der Waals surface area contributed by atoms with E-state index >= 15 is 0 Å². The van der Waals surface area contributed by atoms with Crippen molar-refractivity contribution in [2.24, 2.45) is 4.99 Å². The number of amidine groups is 1. The largest absolute Gasteiger partial charge is 0.496 e. The predicted molar refractivity (Wildman–Crippen MR) is 143 cm³/mol. The molecule has 3 aliphatic rings. The summed E-state index contributed by atoms with van der Waals surface area (Å²) >= 11 is 1.43. The Kier molecular flexibility index (Phi) is 7.68. The van der Waals surface area contributed by atoms with E-state index in [1.165, 1.54) is 11.8 Å². The summed E-state index contributed by atoms with van der Waals surface area (Å²) in [6, 6.07) is 6.99. The quantitative estimate of drug-likeness (QED) is 0.541. The van der Waals surface area contributed by atoms with Crippen molar-refractivity contribution in [3.8, 4) is 5.75 Å². The number of carbonyl (C=O) groups is 3. The van der Waals surface area contributed by atoms with E-state index in [9.17, 15) is 14.4 Å². The zero-order valence-electron chi connectivity index (χ0n) is 22.2. The summed E-state index contributed by atoms with van der Waals surface area (Å²) in [7, 11) is 1.60. The van der Waals surface area contributed by atoms with Crippen molar-refractivity contribution in [1.82, 2.24) is 14.7 Å². The first kappa shape index (κ1) is 26.8. The summed E-state index contributed by atoms with van der Waals surface area (Å²) in [5, 5.41) is 2.63. The van der Waals surface area contributed by atoms with Crippen LogP contribution < -0.4 is 4.74 Å². The second-order valence-corrected chi connectivity index (χ2v) is 11.0. The number of allylic oxidation sites excluding steroid dienone is 1. The maximum absolute atomic E-state index is 13.5. The molecule has 0 aromatic heterocycles. The maximum Gasteiger partial charge on any atom is 0.338 e. The number of rotatable bonds is 5. The third-order valence-corrected chi connectivity index (χ3v) is 7.35. The molecule has 1 saturated heterocycles. The fourth-order valence-electron chi connectivity index (χ4n) is 4.69. The Morgan fingerprint density at radius 1 is 1.08 bits per heavy atom. The third-order valence-electron chi connectivity index (χ3n) is 6.46. The number of benzene rings is 1. The van der Waals surface area contributed by atoms with E-state index in [2.05, 4.69) is 0 Å². The molecule has 3 heterocycles. The lowest BCUT2D eigenvalue weighted by Crippen LogP contribution is -2.50. The SMILES string of the molecule is COc1ccccc1[C@@H]1C(C(=O)OC(C)(C)C)=C(C)N=C2SC=C(CC(=O)N3CCN(C(C)=O)CC3)N21. The molecule has 1 fully saturated rings. The van der Waals surface area contributed by atoms with Gasteiger partial charge in [-0.25, -0.2) is 9.79 Å². The lowest BCUT2D eigenvalue weighted by molar-refractivity contribution is -0.150. The van der Waals surface area contributed by atoms with Crippen LogP contribution >= 0.6 is 11.8 Å². The van der Waals surface area contributed by atoms with Gasteiger partial charge in [0.15, 0.2) is 5.17 Å². The van der Waals surface area contributed by atoms with Crippen molar-refractivity contribution in [3.05, 3.63) is 52.2 Å². The number of hydrogen-bond donors (Lipinski definition) is 0. The average Bonchev–Trinajstić information content (AvgIpc) is 3.23. The highest BCUT2D eigenvalue weighted by molar-refractivity contribution is 8.16. The molecular formula is C27H34N4O5S. The Bertz CT molecular complexity index is 1190. The lowest BCUT2D eigenvalue weighted by atomic mass is 9.93. The van der Waals surface area contributed by atoms with Gasteiger partial charge in [0.2, 0.25) is 11.8 Å². The Morgan fingerprint density at radius 3 is 2.35 bits per heavy atom. The second kappa shape index (κ2) is 10.6. The summed E-state index contributed by atoms with van der Waals surface area (Å²) in [4.78, 5) is 48.7. The first-order valence-corrected chi connectivity index (χ1v) is 13.2. The van der Waals surface area contributed by atoms with Crippen molar-refractivity contribution < 1.29 is 23.9 Å². The van der Waals surface area contributed by atoms with E-state index in [0.717, 1.165) is 11.3 Å². The fourth-order valence-corrected chi connectivity index (χ4v) is 5.65. The number of ether oxygens (including phenoxy) is 2. The van der Waals surface area contributed by atoms with Crippen molar-refractivity contribution >= 4 is 34.7 Å². The highest BCUT2D eigenvalue weighted by Gasteiger charge is 2.43. The molecular weight excluding hydrogens is 492 g/mol. The van der Waals surface area contributed by atoms with E-state index in [4.69, 9.17) is 14.5 Å². The van der Waals surface area contributed by atoms with Crippen LogP contribution in [0.4, 0.5) is 0 Å². The highest BCUT2D eigenvalue weighted by Crippen LogP contribution is 2.47. The third kappa shape index (κ3) is 5.69. The normalized spacial score (nSPS) is 19.8. The molecule has 0 saturated carbocycles. The number of aliphatic imine (C=N–C) groups is 1. The van der Waals surface area contributed by atoms with E-state index in [-0.39, 0.29) is 18.2 Å². The number of fused-ring (bicyclic) bond motifs is 1. The molecule has 0 bridgehead atoms. The fraction of sp³-hybridized carbons (Fsp3) is 0.481. The van der Waals surface area contributed by atoms with Gasteiger partial charge in [-0.3, -0.25) is 9.59 Å². The van der Waals surface area contributed by atoms with Gasteiger partial charge < -0.3 is 24.2 Å². The van der Waals surface area contributed by atoms with Crippen LogP contribution in [0.2, 0.25) is 0 Å². The Hall–Kier alpha value is -3.27. The predicted octanol–water partition coefficient (Wildman–Crippen LogP) is 3.69.